The molecule has 0 aliphatic rings. The predicted molar refractivity (Wildman–Crippen MR) is 71.0 cm³/mol. The second-order valence-corrected chi connectivity index (χ2v) is 3.91. The molecule has 1 aromatic heterocycles. The van der Waals surface area contributed by atoms with Gasteiger partial charge >= 0.3 is 0 Å². The normalized spacial score (nSPS) is 10.4. The Morgan fingerprint density at radius 3 is 2.84 bits per heavy atom. The van der Waals surface area contributed by atoms with Gasteiger partial charge < -0.3 is 15.2 Å². The van der Waals surface area contributed by atoms with Crippen LogP contribution in [-0.4, -0.2) is 30.3 Å². The first kappa shape index (κ1) is 13.1. The lowest BCUT2D eigenvalue weighted by Gasteiger charge is -2.02. The van der Waals surface area contributed by atoms with Crippen molar-refractivity contribution >= 4 is 12.1 Å². The highest BCUT2D eigenvalue weighted by Crippen LogP contribution is 2.28. The molecule has 6 heteroatoms. The summed E-state index contributed by atoms with van der Waals surface area (Å²) in [5.41, 5.74) is 7.50. The van der Waals surface area contributed by atoms with Crippen molar-refractivity contribution in [3.8, 4) is 17.0 Å². The van der Waals surface area contributed by atoms with Crippen molar-refractivity contribution in [3.63, 3.8) is 0 Å². The van der Waals surface area contributed by atoms with Crippen LogP contribution in [0.5, 0.6) is 5.75 Å². The number of anilines is 1. The van der Waals surface area contributed by atoms with Crippen molar-refractivity contribution in [1.29, 1.82) is 0 Å². The number of hydrogen-bond acceptors (Lipinski definition) is 5. The number of nitrogens with two attached hydrogens (primary N) is 1. The van der Waals surface area contributed by atoms with E-state index in [9.17, 15) is 4.79 Å². The number of aldehydes is 1. The molecule has 19 heavy (non-hydrogen) atoms. The predicted octanol–water partition coefficient (Wildman–Crippen LogP) is 1.56. The van der Waals surface area contributed by atoms with Gasteiger partial charge in [-0.2, -0.15) is 5.10 Å². The highest BCUT2D eigenvalue weighted by Gasteiger charge is 2.16. The number of hydrogen-bond donors (Lipinski definition) is 1. The number of rotatable bonds is 5. The molecule has 2 aromatic rings. The SMILES string of the molecule is COCn1nc(-c2cccc(OC)c2)c(C=O)c1N. The Kier molecular flexibility index (Phi) is 3.82. The summed E-state index contributed by atoms with van der Waals surface area (Å²) in [6.07, 6.45) is 0.698. The summed E-state index contributed by atoms with van der Waals surface area (Å²) in [5, 5.41) is 4.30. The topological polar surface area (TPSA) is 79.4 Å². The molecule has 0 saturated heterocycles. The maximum atomic E-state index is 11.2. The summed E-state index contributed by atoms with van der Waals surface area (Å²) in [7, 11) is 3.12. The van der Waals surface area contributed by atoms with Gasteiger partial charge in [-0.3, -0.25) is 4.79 Å². The van der Waals surface area contributed by atoms with E-state index in [-0.39, 0.29) is 12.5 Å². The summed E-state index contributed by atoms with van der Waals surface area (Å²) >= 11 is 0. The zero-order valence-corrected chi connectivity index (χ0v) is 10.8. The summed E-state index contributed by atoms with van der Waals surface area (Å²) in [4.78, 5) is 11.2. The van der Waals surface area contributed by atoms with Crippen LogP contribution in [0.15, 0.2) is 24.3 Å². The molecule has 0 aliphatic carbocycles. The smallest absolute Gasteiger partial charge is 0.156 e. The molecule has 0 atom stereocenters. The zero-order chi connectivity index (χ0) is 13.8. The van der Waals surface area contributed by atoms with Gasteiger partial charge in [-0.15, -0.1) is 0 Å². The lowest BCUT2D eigenvalue weighted by atomic mass is 10.1. The van der Waals surface area contributed by atoms with E-state index in [2.05, 4.69) is 5.10 Å². The standard InChI is InChI=1S/C13H15N3O3/c1-18-8-16-13(14)11(7-17)12(15-16)9-4-3-5-10(6-9)19-2/h3-7H,8,14H2,1-2H3. The number of methoxy groups -OCH3 is 2. The Morgan fingerprint density at radius 2 is 2.21 bits per heavy atom. The molecule has 2 rings (SSSR count). The third kappa shape index (κ3) is 2.43. The maximum Gasteiger partial charge on any atom is 0.156 e. The van der Waals surface area contributed by atoms with Crippen LogP contribution in [-0.2, 0) is 11.5 Å². The first-order chi connectivity index (χ1) is 9.21. The highest BCUT2D eigenvalue weighted by molar-refractivity contribution is 5.91. The van der Waals surface area contributed by atoms with Crippen molar-refractivity contribution in [3.05, 3.63) is 29.8 Å². The fourth-order valence-corrected chi connectivity index (χ4v) is 1.81. The summed E-state index contributed by atoms with van der Waals surface area (Å²) in [6.45, 7) is 0.191. The summed E-state index contributed by atoms with van der Waals surface area (Å²) in [5.74, 6) is 0.976. The number of nitrogens with zero attached hydrogens (tertiary/aromatic N) is 2. The van der Waals surface area contributed by atoms with Gasteiger partial charge in [-0.1, -0.05) is 12.1 Å². The molecular weight excluding hydrogens is 246 g/mol. The molecule has 0 spiro atoms. The van der Waals surface area contributed by atoms with Gasteiger partial charge in [0.05, 0.1) is 12.7 Å². The first-order valence-corrected chi connectivity index (χ1v) is 5.66. The Balaban J connectivity index is 2.54. The number of carbonyl (C=O) groups excluding carboxylic acids is 1. The van der Waals surface area contributed by atoms with Gasteiger partial charge in [0.2, 0.25) is 0 Å². The van der Waals surface area contributed by atoms with Gasteiger partial charge in [0, 0.05) is 12.7 Å². The van der Waals surface area contributed by atoms with Crippen LogP contribution in [0.4, 0.5) is 5.82 Å². The molecule has 0 saturated carbocycles. The number of ether oxygens (including phenoxy) is 2. The number of benzene rings is 1. The van der Waals surface area contributed by atoms with Crippen LogP contribution >= 0.6 is 0 Å². The minimum atomic E-state index is 0.191. The molecule has 0 amide bonds. The van der Waals surface area contributed by atoms with Crippen LogP contribution in [0.2, 0.25) is 0 Å². The van der Waals surface area contributed by atoms with Crippen molar-refractivity contribution < 1.29 is 14.3 Å². The second-order valence-electron chi connectivity index (χ2n) is 3.91. The van der Waals surface area contributed by atoms with Crippen LogP contribution in [0, 0.1) is 0 Å². The average molecular weight is 261 g/mol. The number of nitrogen functional groups attached to an aromatic ring is 1. The minimum absolute atomic E-state index is 0.191. The van der Waals surface area contributed by atoms with Gasteiger partial charge in [0.15, 0.2) is 6.29 Å². The monoisotopic (exact) mass is 261 g/mol. The van der Waals surface area contributed by atoms with E-state index >= 15 is 0 Å². The van der Waals surface area contributed by atoms with Crippen molar-refractivity contribution in [1.82, 2.24) is 9.78 Å². The Labute approximate surface area is 110 Å². The van der Waals surface area contributed by atoms with Crippen molar-refractivity contribution in [2.24, 2.45) is 0 Å². The Bertz CT molecular complexity index is 593. The van der Waals surface area contributed by atoms with E-state index in [1.54, 1.807) is 13.2 Å². The summed E-state index contributed by atoms with van der Waals surface area (Å²) < 4.78 is 11.6. The largest absolute Gasteiger partial charge is 0.497 e. The molecule has 1 aromatic carbocycles. The highest BCUT2D eigenvalue weighted by atomic mass is 16.5. The molecule has 0 bridgehead atoms. The molecule has 6 nitrogen and oxygen atoms in total. The van der Waals surface area contributed by atoms with Gasteiger partial charge in [-0.25, -0.2) is 4.68 Å². The Morgan fingerprint density at radius 1 is 1.42 bits per heavy atom. The van der Waals surface area contributed by atoms with Crippen molar-refractivity contribution in [2.45, 2.75) is 6.73 Å². The molecular formula is C13H15N3O3. The molecule has 100 valence electrons. The van der Waals surface area contributed by atoms with E-state index < -0.39 is 0 Å². The molecule has 0 radical (unpaired) electrons. The first-order valence-electron chi connectivity index (χ1n) is 5.66. The average Bonchev–Trinajstić information content (AvgIpc) is 2.76. The van der Waals surface area contributed by atoms with E-state index in [1.807, 2.05) is 18.2 Å². The second kappa shape index (κ2) is 5.53. The van der Waals surface area contributed by atoms with Crippen molar-refractivity contribution in [2.75, 3.05) is 20.0 Å². The zero-order valence-electron chi connectivity index (χ0n) is 10.8. The van der Waals surface area contributed by atoms with Crippen LogP contribution in [0.1, 0.15) is 10.4 Å². The third-order valence-corrected chi connectivity index (χ3v) is 2.74. The number of carbonyl (C=O) groups is 1. The molecule has 0 fully saturated rings. The maximum absolute atomic E-state index is 11.2. The fraction of sp³-hybridized carbons (Fsp3) is 0.231. The van der Waals surface area contributed by atoms with E-state index in [1.165, 1.54) is 11.8 Å². The van der Waals surface area contributed by atoms with E-state index in [4.69, 9.17) is 15.2 Å². The van der Waals surface area contributed by atoms with Gasteiger partial charge in [-0.05, 0) is 12.1 Å². The van der Waals surface area contributed by atoms with Gasteiger partial charge in [0.25, 0.3) is 0 Å². The van der Waals surface area contributed by atoms with Crippen LogP contribution in [0.25, 0.3) is 11.3 Å². The van der Waals surface area contributed by atoms with Crippen LogP contribution < -0.4 is 10.5 Å². The minimum Gasteiger partial charge on any atom is -0.497 e. The quantitative estimate of drug-likeness (QED) is 0.826. The molecule has 0 aliphatic heterocycles. The Hall–Kier alpha value is -2.34. The van der Waals surface area contributed by atoms with Gasteiger partial charge in [0.1, 0.15) is 24.0 Å². The fourth-order valence-electron chi connectivity index (χ4n) is 1.81. The number of aromatic nitrogens is 2. The van der Waals surface area contributed by atoms with Crippen LogP contribution in [0.3, 0.4) is 0 Å². The summed E-state index contributed by atoms with van der Waals surface area (Å²) in [6, 6.07) is 7.29. The molecule has 1 heterocycles. The van der Waals surface area contributed by atoms with E-state index in [0.717, 1.165) is 5.56 Å². The molecule has 0 unspecified atom stereocenters. The third-order valence-electron chi connectivity index (χ3n) is 2.74. The molecule has 2 N–H and O–H groups in total. The lowest BCUT2D eigenvalue weighted by Crippen LogP contribution is -2.06. The lowest BCUT2D eigenvalue weighted by molar-refractivity contribution is 0.112. The van der Waals surface area contributed by atoms with E-state index in [0.29, 0.717) is 23.3 Å².